The van der Waals surface area contributed by atoms with Gasteiger partial charge in [0.05, 0.1) is 12.7 Å². The van der Waals surface area contributed by atoms with E-state index in [4.69, 9.17) is 4.74 Å². The molecular weight excluding hydrogens is 312 g/mol. The average molecular weight is 342 g/mol. The summed E-state index contributed by atoms with van der Waals surface area (Å²) in [5.41, 5.74) is 2.28. The minimum atomic E-state index is 0.186. The van der Waals surface area contributed by atoms with E-state index in [2.05, 4.69) is 4.90 Å². The van der Waals surface area contributed by atoms with Crippen molar-refractivity contribution in [3.05, 3.63) is 35.4 Å². The number of benzene rings is 1. The molecule has 1 aromatic carbocycles. The lowest BCUT2D eigenvalue weighted by atomic mass is 9.76. The van der Waals surface area contributed by atoms with Gasteiger partial charge >= 0.3 is 0 Å². The molecule has 0 radical (unpaired) electrons. The van der Waals surface area contributed by atoms with Gasteiger partial charge in [0, 0.05) is 25.2 Å². The molecule has 3 aliphatic rings. The third kappa shape index (κ3) is 3.75. The van der Waals surface area contributed by atoms with Gasteiger partial charge < -0.3 is 14.5 Å². The zero-order valence-electron chi connectivity index (χ0n) is 15.4. The van der Waals surface area contributed by atoms with Crippen LogP contribution in [0.2, 0.25) is 0 Å². The lowest BCUT2D eigenvalue weighted by molar-refractivity contribution is 0.0460. The first kappa shape index (κ1) is 17.0. The lowest BCUT2D eigenvalue weighted by Gasteiger charge is -2.38. The summed E-state index contributed by atoms with van der Waals surface area (Å²) in [7, 11) is 0. The Kier molecular flexibility index (Phi) is 4.83. The molecule has 1 spiro atoms. The monoisotopic (exact) mass is 342 g/mol. The van der Waals surface area contributed by atoms with Crippen molar-refractivity contribution in [1.29, 1.82) is 0 Å². The first-order valence-electron chi connectivity index (χ1n) is 9.84. The molecule has 3 saturated heterocycles. The predicted octanol–water partition coefficient (Wildman–Crippen LogP) is 3.10. The van der Waals surface area contributed by atoms with Crippen molar-refractivity contribution in [2.45, 2.75) is 45.1 Å². The van der Waals surface area contributed by atoms with Crippen molar-refractivity contribution >= 4 is 5.91 Å². The average Bonchev–Trinajstić information content (AvgIpc) is 3.26. The molecule has 1 amide bonds. The minimum absolute atomic E-state index is 0.186. The molecule has 0 unspecified atom stereocenters. The van der Waals surface area contributed by atoms with Crippen LogP contribution in [-0.4, -0.2) is 61.1 Å². The van der Waals surface area contributed by atoms with Gasteiger partial charge in [0.2, 0.25) is 0 Å². The molecule has 25 heavy (non-hydrogen) atoms. The molecule has 4 nitrogen and oxygen atoms in total. The van der Waals surface area contributed by atoms with Gasteiger partial charge in [-0.2, -0.15) is 0 Å². The summed E-state index contributed by atoms with van der Waals surface area (Å²) in [5.74, 6) is 0.186. The van der Waals surface area contributed by atoms with E-state index in [0.717, 1.165) is 50.2 Å². The summed E-state index contributed by atoms with van der Waals surface area (Å²) in [6, 6.07) is 7.95. The second-order valence-corrected chi connectivity index (χ2v) is 8.31. The van der Waals surface area contributed by atoms with Gasteiger partial charge in [-0.1, -0.05) is 17.7 Å². The normalized spacial score (nSPS) is 26.4. The number of carbonyl (C=O) groups excluding carboxylic acids is 1. The number of carbonyl (C=O) groups is 1. The fourth-order valence-corrected chi connectivity index (χ4v) is 4.76. The number of rotatable bonds is 3. The summed E-state index contributed by atoms with van der Waals surface area (Å²) in [6.07, 6.45) is 6.43. The van der Waals surface area contributed by atoms with Crippen LogP contribution >= 0.6 is 0 Å². The molecule has 0 saturated carbocycles. The zero-order chi connectivity index (χ0) is 17.3. The van der Waals surface area contributed by atoms with E-state index in [1.807, 2.05) is 36.1 Å². The van der Waals surface area contributed by atoms with Crippen molar-refractivity contribution in [2.75, 3.05) is 39.3 Å². The van der Waals surface area contributed by atoms with Crippen LogP contribution in [0.25, 0.3) is 0 Å². The second kappa shape index (κ2) is 7.08. The maximum absolute atomic E-state index is 12.7. The minimum Gasteiger partial charge on any atom is -0.376 e. The molecule has 136 valence electrons. The van der Waals surface area contributed by atoms with Crippen LogP contribution in [0.4, 0.5) is 0 Å². The summed E-state index contributed by atoms with van der Waals surface area (Å²) in [4.78, 5) is 17.3. The van der Waals surface area contributed by atoms with Crippen molar-refractivity contribution in [3.63, 3.8) is 0 Å². The topological polar surface area (TPSA) is 32.8 Å². The molecule has 0 N–H and O–H groups in total. The predicted molar refractivity (Wildman–Crippen MR) is 98.8 cm³/mol. The first-order valence-corrected chi connectivity index (χ1v) is 9.84. The largest absolute Gasteiger partial charge is 0.376 e. The van der Waals surface area contributed by atoms with Crippen LogP contribution in [0, 0.1) is 12.3 Å². The number of hydrogen-bond acceptors (Lipinski definition) is 3. The molecule has 4 rings (SSSR count). The van der Waals surface area contributed by atoms with Crippen LogP contribution < -0.4 is 0 Å². The van der Waals surface area contributed by atoms with Crippen molar-refractivity contribution in [3.8, 4) is 0 Å². The molecule has 3 fully saturated rings. The van der Waals surface area contributed by atoms with Gasteiger partial charge in [-0.3, -0.25) is 4.79 Å². The molecule has 0 bridgehead atoms. The van der Waals surface area contributed by atoms with E-state index in [-0.39, 0.29) is 5.91 Å². The molecule has 3 aliphatic heterocycles. The highest BCUT2D eigenvalue weighted by atomic mass is 16.5. The molecule has 3 heterocycles. The van der Waals surface area contributed by atoms with E-state index in [0.29, 0.717) is 11.5 Å². The van der Waals surface area contributed by atoms with Crippen molar-refractivity contribution < 1.29 is 9.53 Å². The third-order valence-corrected chi connectivity index (χ3v) is 6.32. The number of nitrogens with zero attached hydrogens (tertiary/aromatic N) is 2. The summed E-state index contributed by atoms with van der Waals surface area (Å²) in [6.45, 7) is 8.25. The standard InChI is InChI=1S/C21H30N2O2/c1-17-5-4-6-18(13-17)20(24)23-11-7-21(8-12-23)14-19(25-16-21)15-22-9-2-3-10-22/h4-6,13,19H,2-3,7-12,14-16H2,1H3/t19-/m1/s1. The number of ether oxygens (including phenoxy) is 1. The van der Waals surface area contributed by atoms with Gasteiger partial charge in [-0.05, 0) is 69.7 Å². The Morgan fingerprint density at radius 1 is 1.20 bits per heavy atom. The number of likely N-dealkylation sites (tertiary alicyclic amines) is 2. The summed E-state index contributed by atoms with van der Waals surface area (Å²) >= 11 is 0. The van der Waals surface area contributed by atoms with Gasteiger partial charge in [-0.25, -0.2) is 0 Å². The second-order valence-electron chi connectivity index (χ2n) is 8.31. The van der Waals surface area contributed by atoms with Gasteiger partial charge in [0.25, 0.3) is 5.91 Å². The van der Waals surface area contributed by atoms with Crippen LogP contribution in [-0.2, 0) is 4.74 Å². The molecule has 0 aliphatic carbocycles. The van der Waals surface area contributed by atoms with E-state index < -0.39 is 0 Å². The van der Waals surface area contributed by atoms with Crippen LogP contribution in [0.5, 0.6) is 0 Å². The highest BCUT2D eigenvalue weighted by Crippen LogP contribution is 2.42. The number of aryl methyl sites for hydroxylation is 1. The van der Waals surface area contributed by atoms with Crippen LogP contribution in [0.15, 0.2) is 24.3 Å². The first-order chi connectivity index (χ1) is 12.1. The number of amides is 1. The Morgan fingerprint density at radius 3 is 2.68 bits per heavy atom. The molecule has 1 aromatic rings. The Hall–Kier alpha value is -1.39. The van der Waals surface area contributed by atoms with E-state index in [9.17, 15) is 4.79 Å². The maximum Gasteiger partial charge on any atom is 0.253 e. The highest BCUT2D eigenvalue weighted by Gasteiger charge is 2.43. The van der Waals surface area contributed by atoms with E-state index >= 15 is 0 Å². The van der Waals surface area contributed by atoms with E-state index in [1.165, 1.54) is 32.4 Å². The summed E-state index contributed by atoms with van der Waals surface area (Å²) in [5, 5.41) is 0. The van der Waals surface area contributed by atoms with Crippen LogP contribution in [0.3, 0.4) is 0 Å². The fraction of sp³-hybridized carbons (Fsp3) is 0.667. The molecule has 1 atom stereocenters. The van der Waals surface area contributed by atoms with Crippen molar-refractivity contribution in [2.24, 2.45) is 5.41 Å². The van der Waals surface area contributed by atoms with E-state index in [1.54, 1.807) is 0 Å². The number of piperidine rings is 1. The van der Waals surface area contributed by atoms with Crippen molar-refractivity contribution in [1.82, 2.24) is 9.80 Å². The SMILES string of the molecule is Cc1cccc(C(=O)N2CCC3(CC2)CO[C@@H](CN2CCCC2)C3)c1. The zero-order valence-corrected chi connectivity index (χ0v) is 15.4. The Balaban J connectivity index is 1.31. The lowest BCUT2D eigenvalue weighted by Crippen LogP contribution is -2.43. The molecule has 0 aromatic heterocycles. The molecular formula is C21H30N2O2. The summed E-state index contributed by atoms with van der Waals surface area (Å²) < 4.78 is 6.16. The van der Waals surface area contributed by atoms with Gasteiger partial charge in [0.1, 0.15) is 0 Å². The fourth-order valence-electron chi connectivity index (χ4n) is 4.76. The maximum atomic E-state index is 12.7. The number of hydrogen-bond donors (Lipinski definition) is 0. The Labute approximate surface area is 151 Å². The Bertz CT molecular complexity index is 616. The Morgan fingerprint density at radius 2 is 1.96 bits per heavy atom. The molecule has 4 heteroatoms. The quantitative estimate of drug-likeness (QED) is 0.846. The van der Waals surface area contributed by atoms with Gasteiger partial charge in [-0.15, -0.1) is 0 Å². The van der Waals surface area contributed by atoms with Gasteiger partial charge in [0.15, 0.2) is 0 Å². The smallest absolute Gasteiger partial charge is 0.253 e. The van der Waals surface area contributed by atoms with Crippen LogP contribution in [0.1, 0.15) is 48.0 Å². The third-order valence-electron chi connectivity index (χ3n) is 6.32. The highest BCUT2D eigenvalue weighted by molar-refractivity contribution is 5.94.